The maximum absolute atomic E-state index is 10.8. The van der Waals surface area contributed by atoms with Crippen LogP contribution in [0.2, 0.25) is 5.15 Å². The van der Waals surface area contributed by atoms with Crippen molar-refractivity contribution >= 4 is 23.1 Å². The second kappa shape index (κ2) is 5.49. The Morgan fingerprint density at radius 2 is 2.39 bits per heavy atom. The van der Waals surface area contributed by atoms with Gasteiger partial charge in [-0.3, -0.25) is 10.1 Å². The van der Waals surface area contributed by atoms with Crippen molar-refractivity contribution in [3.05, 3.63) is 27.4 Å². The summed E-state index contributed by atoms with van der Waals surface area (Å²) in [7, 11) is 0. The lowest BCUT2D eigenvalue weighted by molar-refractivity contribution is -0.384. The average Bonchev–Trinajstić information content (AvgIpc) is 2.53. The van der Waals surface area contributed by atoms with E-state index in [1.807, 2.05) is 11.8 Å². The van der Waals surface area contributed by atoms with Gasteiger partial charge in [0.05, 0.1) is 23.2 Å². The lowest BCUT2D eigenvalue weighted by Gasteiger charge is -2.22. The van der Waals surface area contributed by atoms with Crippen LogP contribution >= 0.6 is 11.6 Å². The molecule has 1 aliphatic rings. The highest BCUT2D eigenvalue weighted by Crippen LogP contribution is 2.24. The molecule has 0 aromatic carbocycles. The molecule has 1 aromatic heterocycles. The maximum Gasteiger partial charge on any atom is 0.276 e. The molecule has 0 N–H and O–H groups in total. The zero-order chi connectivity index (χ0) is 13.1. The predicted molar refractivity (Wildman–Crippen MR) is 68.1 cm³/mol. The molecular weight excluding hydrogens is 258 g/mol. The molecular formula is C11H14ClN3O3. The molecule has 98 valence electrons. The molecule has 1 saturated heterocycles. The van der Waals surface area contributed by atoms with Gasteiger partial charge < -0.3 is 9.64 Å². The van der Waals surface area contributed by atoms with Crippen LogP contribution in [0.15, 0.2) is 12.1 Å². The Balaban J connectivity index is 2.28. The summed E-state index contributed by atoms with van der Waals surface area (Å²) in [6.07, 6.45) is 0.944. The third-order valence-corrected chi connectivity index (χ3v) is 2.95. The van der Waals surface area contributed by atoms with Crippen molar-refractivity contribution in [1.82, 2.24) is 4.98 Å². The number of hydrogen-bond donors (Lipinski definition) is 0. The van der Waals surface area contributed by atoms with Gasteiger partial charge in [0, 0.05) is 19.7 Å². The third-order valence-electron chi connectivity index (χ3n) is 2.75. The summed E-state index contributed by atoms with van der Waals surface area (Å²) in [5, 5.41) is 10.9. The number of anilines is 1. The molecule has 1 aromatic rings. The highest BCUT2D eigenvalue weighted by atomic mass is 35.5. The molecule has 0 radical (unpaired) electrons. The van der Waals surface area contributed by atoms with E-state index in [0.29, 0.717) is 19.0 Å². The van der Waals surface area contributed by atoms with Gasteiger partial charge in [0.1, 0.15) is 11.0 Å². The molecule has 6 nitrogen and oxygen atoms in total. The molecule has 1 fully saturated rings. The molecule has 2 heterocycles. The molecule has 0 spiro atoms. The number of hydrogen-bond acceptors (Lipinski definition) is 5. The van der Waals surface area contributed by atoms with Crippen LogP contribution in [0.25, 0.3) is 0 Å². The molecule has 18 heavy (non-hydrogen) atoms. The van der Waals surface area contributed by atoms with Crippen LogP contribution in [0.1, 0.15) is 13.3 Å². The van der Waals surface area contributed by atoms with Crippen molar-refractivity contribution in [2.24, 2.45) is 0 Å². The fourth-order valence-corrected chi connectivity index (χ4v) is 2.14. The van der Waals surface area contributed by atoms with Crippen LogP contribution in [-0.2, 0) is 4.74 Å². The first-order chi connectivity index (χ1) is 8.56. The van der Waals surface area contributed by atoms with E-state index in [1.54, 1.807) is 0 Å². The highest BCUT2D eigenvalue weighted by Gasteiger charge is 2.19. The lowest BCUT2D eigenvalue weighted by atomic mass is 10.3. The average molecular weight is 272 g/mol. The number of rotatable bonds is 2. The van der Waals surface area contributed by atoms with Gasteiger partial charge in [-0.15, -0.1) is 0 Å². The molecule has 0 saturated carbocycles. The topological polar surface area (TPSA) is 68.5 Å². The number of halogens is 1. The van der Waals surface area contributed by atoms with E-state index in [9.17, 15) is 10.1 Å². The van der Waals surface area contributed by atoms with Crippen molar-refractivity contribution in [1.29, 1.82) is 0 Å². The van der Waals surface area contributed by atoms with Crippen LogP contribution < -0.4 is 4.90 Å². The van der Waals surface area contributed by atoms with Crippen LogP contribution in [0.4, 0.5) is 11.5 Å². The molecule has 0 aliphatic carbocycles. The van der Waals surface area contributed by atoms with E-state index in [1.165, 1.54) is 12.1 Å². The van der Waals surface area contributed by atoms with E-state index in [0.717, 1.165) is 13.0 Å². The monoisotopic (exact) mass is 271 g/mol. The molecule has 2 rings (SSSR count). The molecule has 1 aliphatic heterocycles. The van der Waals surface area contributed by atoms with Crippen molar-refractivity contribution in [2.75, 3.05) is 24.6 Å². The van der Waals surface area contributed by atoms with Crippen LogP contribution in [0.5, 0.6) is 0 Å². The molecule has 7 heteroatoms. The summed E-state index contributed by atoms with van der Waals surface area (Å²) in [6.45, 7) is 4.08. The normalized spacial score (nSPS) is 20.6. The minimum absolute atomic E-state index is 0.0391. The fraction of sp³-hybridized carbons (Fsp3) is 0.545. The van der Waals surface area contributed by atoms with Crippen molar-refractivity contribution in [3.63, 3.8) is 0 Å². The molecule has 0 bridgehead atoms. The molecule has 1 unspecified atom stereocenters. The van der Waals surface area contributed by atoms with Crippen molar-refractivity contribution in [2.45, 2.75) is 19.4 Å². The van der Waals surface area contributed by atoms with E-state index in [4.69, 9.17) is 16.3 Å². The first kappa shape index (κ1) is 13.0. The second-order valence-corrected chi connectivity index (χ2v) is 4.63. The van der Waals surface area contributed by atoms with E-state index >= 15 is 0 Å². The number of pyridine rings is 1. The van der Waals surface area contributed by atoms with Crippen LogP contribution in [-0.4, -0.2) is 35.7 Å². The summed E-state index contributed by atoms with van der Waals surface area (Å²) >= 11 is 5.82. The molecule has 1 atom stereocenters. The first-order valence-electron chi connectivity index (χ1n) is 5.75. The zero-order valence-electron chi connectivity index (χ0n) is 10.0. The third kappa shape index (κ3) is 3.08. The van der Waals surface area contributed by atoms with Gasteiger partial charge in [-0.1, -0.05) is 11.6 Å². The van der Waals surface area contributed by atoms with Gasteiger partial charge in [-0.25, -0.2) is 4.98 Å². The second-order valence-electron chi connectivity index (χ2n) is 4.24. The minimum atomic E-state index is -0.463. The smallest absolute Gasteiger partial charge is 0.276 e. The van der Waals surface area contributed by atoms with E-state index < -0.39 is 4.92 Å². The van der Waals surface area contributed by atoms with Gasteiger partial charge in [0.15, 0.2) is 0 Å². The Labute approximate surface area is 110 Å². The summed E-state index contributed by atoms with van der Waals surface area (Å²) in [4.78, 5) is 16.4. The summed E-state index contributed by atoms with van der Waals surface area (Å²) in [6, 6.07) is 2.70. The fourth-order valence-electron chi connectivity index (χ4n) is 1.94. The Morgan fingerprint density at radius 3 is 3.11 bits per heavy atom. The number of nitrogens with zero attached hydrogens (tertiary/aromatic N) is 3. The lowest BCUT2D eigenvalue weighted by Crippen LogP contribution is -2.30. The summed E-state index contributed by atoms with van der Waals surface area (Å²) in [5.74, 6) is 0.534. The van der Waals surface area contributed by atoms with Crippen molar-refractivity contribution < 1.29 is 9.66 Å². The maximum atomic E-state index is 10.8. The summed E-state index contributed by atoms with van der Waals surface area (Å²) < 4.78 is 5.53. The number of aromatic nitrogens is 1. The Bertz CT molecular complexity index is 455. The van der Waals surface area contributed by atoms with Gasteiger partial charge in [-0.2, -0.15) is 0 Å². The van der Waals surface area contributed by atoms with E-state index in [2.05, 4.69) is 4.98 Å². The van der Waals surface area contributed by atoms with Crippen molar-refractivity contribution in [3.8, 4) is 0 Å². The Hall–Kier alpha value is -1.40. The van der Waals surface area contributed by atoms with Crippen LogP contribution in [0.3, 0.4) is 0 Å². The first-order valence-corrected chi connectivity index (χ1v) is 6.12. The predicted octanol–water partition coefficient (Wildman–Crippen LogP) is 2.26. The Kier molecular flexibility index (Phi) is 3.98. The summed E-state index contributed by atoms with van der Waals surface area (Å²) in [5.41, 5.74) is -0.0391. The van der Waals surface area contributed by atoms with Crippen LogP contribution in [0, 0.1) is 10.1 Å². The Morgan fingerprint density at radius 1 is 1.61 bits per heavy atom. The molecule has 0 amide bonds. The number of ether oxygens (including phenoxy) is 1. The minimum Gasteiger partial charge on any atom is -0.377 e. The van der Waals surface area contributed by atoms with Gasteiger partial charge in [0.2, 0.25) is 0 Å². The van der Waals surface area contributed by atoms with Gasteiger partial charge >= 0.3 is 0 Å². The number of nitro groups is 1. The SMILES string of the molecule is CC1CN(c2cc([N+](=O)[O-])cc(Cl)n2)CCCO1. The zero-order valence-corrected chi connectivity index (χ0v) is 10.8. The standard InChI is InChI=1S/C11H14ClN3O3/c1-8-7-14(3-2-4-18-8)11-6-9(15(16)17)5-10(12)13-11/h5-6,8H,2-4,7H2,1H3. The largest absolute Gasteiger partial charge is 0.377 e. The van der Waals surface area contributed by atoms with Gasteiger partial charge in [-0.05, 0) is 13.3 Å². The van der Waals surface area contributed by atoms with Gasteiger partial charge in [0.25, 0.3) is 5.69 Å². The van der Waals surface area contributed by atoms with E-state index in [-0.39, 0.29) is 16.9 Å². The highest BCUT2D eigenvalue weighted by molar-refractivity contribution is 6.29. The quantitative estimate of drug-likeness (QED) is 0.469.